The third kappa shape index (κ3) is 3.46. The molecule has 104 valence electrons. The first kappa shape index (κ1) is 14.8. The number of rotatable bonds is 5. The van der Waals surface area contributed by atoms with Gasteiger partial charge in [-0.2, -0.15) is 0 Å². The van der Waals surface area contributed by atoms with Crippen LogP contribution in [-0.2, 0) is 13.0 Å². The van der Waals surface area contributed by atoms with Crippen molar-refractivity contribution in [1.29, 1.82) is 0 Å². The van der Waals surface area contributed by atoms with Crippen LogP contribution in [0.2, 0.25) is 0 Å². The van der Waals surface area contributed by atoms with Crippen molar-refractivity contribution in [3.63, 3.8) is 0 Å². The van der Waals surface area contributed by atoms with E-state index in [1.165, 1.54) is 0 Å². The molecule has 0 heterocycles. The summed E-state index contributed by atoms with van der Waals surface area (Å²) in [6.07, 6.45) is 0.310. The molecule has 0 aliphatic carbocycles. The van der Waals surface area contributed by atoms with Gasteiger partial charge in [-0.1, -0.05) is 40.2 Å². The van der Waals surface area contributed by atoms with Gasteiger partial charge in [0, 0.05) is 28.6 Å². The molecule has 3 nitrogen and oxygen atoms in total. The summed E-state index contributed by atoms with van der Waals surface area (Å²) in [5, 5.41) is 0. The SMILES string of the molecule is COc1ccc(Br)cc1CC(=O)c1ccc(CN)cc1. The van der Waals surface area contributed by atoms with E-state index in [-0.39, 0.29) is 5.78 Å². The molecule has 0 saturated carbocycles. The molecule has 0 unspecified atom stereocenters. The van der Waals surface area contributed by atoms with E-state index in [4.69, 9.17) is 10.5 Å². The predicted molar refractivity (Wildman–Crippen MR) is 83.1 cm³/mol. The zero-order valence-electron chi connectivity index (χ0n) is 11.2. The minimum Gasteiger partial charge on any atom is -0.496 e. The van der Waals surface area contributed by atoms with E-state index in [2.05, 4.69) is 15.9 Å². The lowest BCUT2D eigenvalue weighted by molar-refractivity contribution is 0.0992. The second-order valence-corrected chi connectivity index (χ2v) is 5.37. The van der Waals surface area contributed by atoms with E-state index in [0.29, 0.717) is 18.5 Å². The molecule has 2 aromatic carbocycles. The lowest BCUT2D eigenvalue weighted by atomic mass is 10.0. The van der Waals surface area contributed by atoms with Crippen LogP contribution in [0.25, 0.3) is 0 Å². The van der Waals surface area contributed by atoms with Gasteiger partial charge in [0.2, 0.25) is 0 Å². The topological polar surface area (TPSA) is 52.3 Å². The van der Waals surface area contributed by atoms with E-state index in [1.54, 1.807) is 7.11 Å². The van der Waals surface area contributed by atoms with Crippen LogP contribution in [0.3, 0.4) is 0 Å². The minimum atomic E-state index is 0.0602. The van der Waals surface area contributed by atoms with Crippen LogP contribution < -0.4 is 10.5 Å². The summed E-state index contributed by atoms with van der Waals surface area (Å²) < 4.78 is 6.21. The van der Waals surface area contributed by atoms with E-state index >= 15 is 0 Å². The molecule has 0 saturated heterocycles. The molecule has 4 heteroatoms. The second kappa shape index (κ2) is 6.68. The van der Waals surface area contributed by atoms with Crippen molar-refractivity contribution < 1.29 is 9.53 Å². The summed E-state index contributed by atoms with van der Waals surface area (Å²) >= 11 is 3.41. The van der Waals surface area contributed by atoms with Crippen molar-refractivity contribution >= 4 is 21.7 Å². The lowest BCUT2D eigenvalue weighted by Gasteiger charge is -2.09. The molecule has 0 radical (unpaired) electrons. The highest BCUT2D eigenvalue weighted by atomic mass is 79.9. The van der Waals surface area contributed by atoms with Crippen molar-refractivity contribution in [2.24, 2.45) is 5.73 Å². The van der Waals surface area contributed by atoms with Gasteiger partial charge in [-0.3, -0.25) is 4.79 Å². The predicted octanol–water partition coefficient (Wildman–Crippen LogP) is 3.34. The van der Waals surface area contributed by atoms with Gasteiger partial charge in [-0.05, 0) is 23.8 Å². The fourth-order valence-corrected chi connectivity index (χ4v) is 2.40. The largest absolute Gasteiger partial charge is 0.496 e. The smallest absolute Gasteiger partial charge is 0.167 e. The Morgan fingerprint density at radius 3 is 2.50 bits per heavy atom. The first-order valence-electron chi connectivity index (χ1n) is 6.28. The molecule has 2 aromatic rings. The summed E-state index contributed by atoms with van der Waals surface area (Å²) in [5.41, 5.74) is 8.12. The third-order valence-electron chi connectivity index (χ3n) is 3.11. The Hall–Kier alpha value is -1.65. The van der Waals surface area contributed by atoms with Crippen molar-refractivity contribution in [1.82, 2.24) is 0 Å². The van der Waals surface area contributed by atoms with E-state index in [0.717, 1.165) is 21.3 Å². The summed E-state index contributed by atoms with van der Waals surface area (Å²) in [5.74, 6) is 0.782. The Bertz CT molecular complexity index is 608. The summed E-state index contributed by atoms with van der Waals surface area (Å²) in [7, 11) is 1.60. The average Bonchev–Trinajstić information content (AvgIpc) is 2.47. The summed E-state index contributed by atoms with van der Waals surface area (Å²) in [4.78, 5) is 12.3. The van der Waals surface area contributed by atoms with Gasteiger partial charge < -0.3 is 10.5 Å². The number of nitrogens with two attached hydrogens (primary N) is 1. The number of benzene rings is 2. The van der Waals surface area contributed by atoms with Gasteiger partial charge in [0.1, 0.15) is 5.75 Å². The fraction of sp³-hybridized carbons (Fsp3) is 0.188. The Labute approximate surface area is 126 Å². The maximum atomic E-state index is 12.3. The molecule has 0 amide bonds. The normalized spacial score (nSPS) is 10.3. The van der Waals surface area contributed by atoms with Crippen LogP contribution in [0.1, 0.15) is 21.5 Å². The number of carbonyl (C=O) groups excluding carboxylic acids is 1. The van der Waals surface area contributed by atoms with Gasteiger partial charge in [0.05, 0.1) is 7.11 Å². The van der Waals surface area contributed by atoms with E-state index < -0.39 is 0 Å². The molecule has 0 bridgehead atoms. The number of Topliss-reactive ketones (excluding diaryl/α,β-unsaturated/α-hetero) is 1. The van der Waals surface area contributed by atoms with Crippen LogP contribution in [0, 0.1) is 0 Å². The number of halogens is 1. The number of methoxy groups -OCH3 is 1. The second-order valence-electron chi connectivity index (χ2n) is 4.46. The first-order chi connectivity index (χ1) is 9.63. The number of carbonyl (C=O) groups is 1. The van der Waals surface area contributed by atoms with Gasteiger partial charge >= 0.3 is 0 Å². The summed E-state index contributed by atoms with van der Waals surface area (Å²) in [6, 6.07) is 13.0. The maximum Gasteiger partial charge on any atom is 0.167 e. The van der Waals surface area contributed by atoms with Crippen LogP contribution >= 0.6 is 15.9 Å². The van der Waals surface area contributed by atoms with Crippen LogP contribution in [-0.4, -0.2) is 12.9 Å². The van der Waals surface area contributed by atoms with Crippen molar-refractivity contribution in [2.75, 3.05) is 7.11 Å². The zero-order valence-corrected chi connectivity index (χ0v) is 12.8. The molecular formula is C16H16BrNO2. The Morgan fingerprint density at radius 1 is 1.20 bits per heavy atom. The molecule has 20 heavy (non-hydrogen) atoms. The first-order valence-corrected chi connectivity index (χ1v) is 7.08. The number of ketones is 1. The fourth-order valence-electron chi connectivity index (χ4n) is 1.99. The Kier molecular flexibility index (Phi) is 4.93. The van der Waals surface area contributed by atoms with Crippen LogP contribution in [0.15, 0.2) is 46.9 Å². The number of hydrogen-bond donors (Lipinski definition) is 1. The molecule has 2 rings (SSSR count). The highest BCUT2D eigenvalue weighted by Gasteiger charge is 2.11. The number of hydrogen-bond acceptors (Lipinski definition) is 3. The molecule has 0 spiro atoms. The maximum absolute atomic E-state index is 12.3. The van der Waals surface area contributed by atoms with E-state index in [1.807, 2.05) is 42.5 Å². The monoisotopic (exact) mass is 333 g/mol. The van der Waals surface area contributed by atoms with Crippen LogP contribution in [0.4, 0.5) is 0 Å². The van der Waals surface area contributed by atoms with Gasteiger partial charge in [-0.15, -0.1) is 0 Å². The molecule has 0 aliphatic heterocycles. The molecule has 0 aromatic heterocycles. The Morgan fingerprint density at radius 2 is 1.90 bits per heavy atom. The molecule has 2 N–H and O–H groups in total. The van der Waals surface area contributed by atoms with Gasteiger partial charge in [-0.25, -0.2) is 0 Å². The standard InChI is InChI=1S/C16H16BrNO2/c1-20-16-7-6-14(17)8-13(16)9-15(19)12-4-2-11(10-18)3-5-12/h2-8H,9-10,18H2,1H3. The van der Waals surface area contributed by atoms with Crippen LogP contribution in [0.5, 0.6) is 5.75 Å². The van der Waals surface area contributed by atoms with Crippen molar-refractivity contribution in [2.45, 2.75) is 13.0 Å². The minimum absolute atomic E-state index is 0.0602. The molecular weight excluding hydrogens is 318 g/mol. The van der Waals surface area contributed by atoms with Gasteiger partial charge in [0.25, 0.3) is 0 Å². The third-order valence-corrected chi connectivity index (χ3v) is 3.60. The van der Waals surface area contributed by atoms with Gasteiger partial charge in [0.15, 0.2) is 5.78 Å². The number of ether oxygens (including phenoxy) is 1. The Balaban J connectivity index is 2.20. The molecule has 0 aliphatic rings. The molecule has 0 fully saturated rings. The highest BCUT2D eigenvalue weighted by molar-refractivity contribution is 9.10. The zero-order chi connectivity index (χ0) is 14.5. The summed E-state index contributed by atoms with van der Waals surface area (Å²) in [6.45, 7) is 0.480. The van der Waals surface area contributed by atoms with E-state index in [9.17, 15) is 4.79 Å². The quantitative estimate of drug-likeness (QED) is 0.853. The van der Waals surface area contributed by atoms with Crippen molar-refractivity contribution in [3.05, 3.63) is 63.6 Å². The highest BCUT2D eigenvalue weighted by Crippen LogP contribution is 2.24. The van der Waals surface area contributed by atoms with Crippen molar-refractivity contribution in [3.8, 4) is 5.75 Å². The molecule has 0 atom stereocenters. The lowest BCUT2D eigenvalue weighted by Crippen LogP contribution is -2.05. The average molecular weight is 334 g/mol.